The Morgan fingerprint density at radius 2 is 1.75 bits per heavy atom. The minimum Gasteiger partial charge on any atom is -0.162 e. The van der Waals surface area contributed by atoms with Gasteiger partial charge in [-0.3, -0.25) is 0 Å². The first-order valence-electron chi connectivity index (χ1n) is 0.428. The van der Waals surface area contributed by atoms with Crippen LogP contribution in [-0.4, -0.2) is 4.89 Å². The van der Waals surface area contributed by atoms with Gasteiger partial charge in [-0.1, -0.05) is 0 Å². The molecule has 0 bridgehead atoms. The molecule has 1 atom stereocenters. The van der Waals surface area contributed by atoms with Crippen molar-refractivity contribution in [2.24, 2.45) is 0 Å². The van der Waals surface area contributed by atoms with E-state index in [9.17, 15) is 0 Å². The van der Waals surface area contributed by atoms with Crippen molar-refractivity contribution in [3.8, 4) is 0 Å². The van der Waals surface area contributed by atoms with E-state index in [1.54, 1.807) is 0 Å². The molecule has 0 saturated heterocycles. The molecular weight excluding hydrogens is 204 g/mol. The van der Waals surface area contributed by atoms with Crippen molar-refractivity contribution >= 4 is 8.69 Å². The monoisotopic (exact) mass is 206 g/mol. The molecule has 0 spiro atoms. The molecule has 0 aliphatic rings. The average Bonchev–Trinajstić information content (AvgIpc) is 0.918. The predicted molar refractivity (Wildman–Crippen MR) is 11.2 cm³/mol. The fourth-order valence-corrected chi connectivity index (χ4v) is 0. The Hall–Kier alpha value is 1.42. The van der Waals surface area contributed by atoms with Gasteiger partial charge in [0.2, 0.25) is 0 Å². The number of hydrogen-bond acceptors (Lipinski definition) is 1. The van der Waals surface area contributed by atoms with Crippen LogP contribution in [0.25, 0.3) is 0 Å². The molecule has 0 aliphatic heterocycles. The summed E-state index contributed by atoms with van der Waals surface area (Å²) < 4.78 is 8.51. The fraction of sp³-hybridized carbons (Fsp3) is 0. The van der Waals surface area contributed by atoms with Crippen molar-refractivity contribution < 1.29 is 50.8 Å². The molecule has 4 heavy (non-hydrogen) atoms. The van der Waals surface area contributed by atoms with Crippen LogP contribution in [0, 0.1) is 41.3 Å². The third-order valence-corrected chi connectivity index (χ3v) is 0. The third-order valence-electron chi connectivity index (χ3n) is 0. The van der Waals surface area contributed by atoms with Crippen LogP contribution in [0.4, 0.5) is 0 Å². The molecule has 4 heteroatoms. The number of hydrogen-bond donors (Lipinski definition) is 1. The minimum absolute atomic E-state index is 0. The largest absolute Gasteiger partial charge is 0.491 e. The molecule has 1 N–H and O–H groups in total. The maximum Gasteiger partial charge on any atom is 0.491 e. The Morgan fingerprint density at radius 1 is 1.75 bits per heavy atom. The Kier molecular flexibility index (Phi) is 20.0. The second kappa shape index (κ2) is 8.83. The SMILES string of the molecule is O=[PH+]O.[Pr]. The summed E-state index contributed by atoms with van der Waals surface area (Å²) in [5.74, 6) is 0. The minimum atomic E-state index is -1.17. The van der Waals surface area contributed by atoms with Crippen LogP contribution in [0.5, 0.6) is 0 Å². The topological polar surface area (TPSA) is 37.3 Å². The Bertz CT molecular complexity index is 13.5. The fourth-order valence-electron chi connectivity index (χ4n) is 0. The van der Waals surface area contributed by atoms with Gasteiger partial charge in [0, 0.05) is 41.3 Å². The summed E-state index contributed by atoms with van der Waals surface area (Å²) in [6, 6.07) is 0. The van der Waals surface area contributed by atoms with Crippen LogP contribution >= 0.6 is 8.69 Å². The molecular formula is H2O2PPr+. The molecule has 0 aromatic rings. The van der Waals surface area contributed by atoms with Crippen molar-refractivity contribution in [3.05, 3.63) is 0 Å². The Labute approximate surface area is 58.8 Å². The van der Waals surface area contributed by atoms with E-state index in [0.29, 0.717) is 0 Å². The zero-order valence-corrected chi connectivity index (χ0v) is 6.64. The second-order valence-corrected chi connectivity index (χ2v) is 0.274. The summed E-state index contributed by atoms with van der Waals surface area (Å²) in [6.07, 6.45) is 0. The van der Waals surface area contributed by atoms with E-state index in [-0.39, 0.29) is 41.3 Å². The molecule has 2 nitrogen and oxygen atoms in total. The predicted octanol–water partition coefficient (Wildman–Crippen LogP) is -0.0823. The van der Waals surface area contributed by atoms with Gasteiger partial charge in [-0.15, -0.1) is 0 Å². The summed E-state index contributed by atoms with van der Waals surface area (Å²) in [5, 5.41) is 0. The average molecular weight is 206 g/mol. The van der Waals surface area contributed by atoms with Crippen molar-refractivity contribution in [2.75, 3.05) is 0 Å². The first-order chi connectivity index (χ1) is 1.41. The van der Waals surface area contributed by atoms with Crippen molar-refractivity contribution in [1.29, 1.82) is 0 Å². The van der Waals surface area contributed by atoms with Gasteiger partial charge in [-0.2, -0.15) is 4.89 Å². The standard InChI is InChI=1S/HO2P.Pr/c1-3-2;/h3H;/p+1. The van der Waals surface area contributed by atoms with Crippen LogP contribution in [0.1, 0.15) is 0 Å². The summed E-state index contributed by atoms with van der Waals surface area (Å²) in [7, 11) is -1.17. The molecule has 21 valence electrons. The first-order valence-corrected chi connectivity index (χ1v) is 1.28. The van der Waals surface area contributed by atoms with Crippen LogP contribution < -0.4 is 0 Å². The third kappa shape index (κ3) is 9.92. The van der Waals surface area contributed by atoms with Gasteiger partial charge in [0.05, 0.1) is 0 Å². The molecule has 0 aromatic heterocycles. The van der Waals surface area contributed by atoms with Crippen molar-refractivity contribution in [3.63, 3.8) is 0 Å². The van der Waals surface area contributed by atoms with Crippen molar-refractivity contribution in [2.45, 2.75) is 0 Å². The zero-order valence-electron chi connectivity index (χ0n) is 1.93. The summed E-state index contributed by atoms with van der Waals surface area (Å²) in [4.78, 5) is 7.04. The van der Waals surface area contributed by atoms with E-state index in [0.717, 1.165) is 0 Å². The van der Waals surface area contributed by atoms with E-state index in [1.807, 2.05) is 0 Å². The van der Waals surface area contributed by atoms with E-state index in [1.165, 1.54) is 0 Å². The molecule has 0 saturated carbocycles. The van der Waals surface area contributed by atoms with Crippen LogP contribution in [-0.2, 0) is 4.57 Å². The maximum absolute atomic E-state index is 8.51. The summed E-state index contributed by atoms with van der Waals surface area (Å²) in [5.41, 5.74) is 0. The van der Waals surface area contributed by atoms with Crippen LogP contribution in [0.2, 0.25) is 0 Å². The van der Waals surface area contributed by atoms with E-state index >= 15 is 0 Å². The van der Waals surface area contributed by atoms with Gasteiger partial charge < -0.3 is 0 Å². The zero-order chi connectivity index (χ0) is 2.71. The molecule has 0 fully saturated rings. The van der Waals surface area contributed by atoms with Gasteiger partial charge in [-0.05, 0) is 4.57 Å². The van der Waals surface area contributed by atoms with Gasteiger partial charge in [0.15, 0.2) is 0 Å². The van der Waals surface area contributed by atoms with E-state index < -0.39 is 8.69 Å². The maximum atomic E-state index is 8.51. The summed E-state index contributed by atoms with van der Waals surface area (Å²) in [6.45, 7) is 0. The van der Waals surface area contributed by atoms with Gasteiger partial charge in [0.25, 0.3) is 0 Å². The van der Waals surface area contributed by atoms with Gasteiger partial charge >= 0.3 is 8.69 Å². The van der Waals surface area contributed by atoms with E-state index in [4.69, 9.17) is 9.46 Å². The normalized spacial score (nSPS) is 5.25. The summed E-state index contributed by atoms with van der Waals surface area (Å²) >= 11 is 0. The Balaban J connectivity index is 0. The van der Waals surface area contributed by atoms with Crippen molar-refractivity contribution in [1.82, 2.24) is 0 Å². The quantitative estimate of drug-likeness (QED) is 0.562. The van der Waals surface area contributed by atoms with Gasteiger partial charge in [-0.25, -0.2) is 0 Å². The molecule has 0 amide bonds. The smallest absolute Gasteiger partial charge is 0.162 e. The number of rotatable bonds is 0. The van der Waals surface area contributed by atoms with Crippen LogP contribution in [0.3, 0.4) is 0 Å². The first kappa shape index (κ1) is 9.05. The molecule has 0 rings (SSSR count). The van der Waals surface area contributed by atoms with Gasteiger partial charge in [0.1, 0.15) is 0 Å². The molecule has 0 heterocycles. The molecule has 1 radical (unpaired) electrons. The molecule has 1 unspecified atom stereocenters. The molecule has 0 aliphatic carbocycles. The molecule has 0 aromatic carbocycles. The van der Waals surface area contributed by atoms with E-state index in [2.05, 4.69) is 0 Å². The second-order valence-electron chi connectivity index (χ2n) is 0.0913. The van der Waals surface area contributed by atoms with Crippen LogP contribution in [0.15, 0.2) is 0 Å². The Morgan fingerprint density at radius 3 is 1.75 bits per heavy atom.